The van der Waals surface area contributed by atoms with Gasteiger partial charge in [0.05, 0.1) is 24.9 Å². The third kappa shape index (κ3) is 2.91. The molecule has 78 valence electrons. The Balaban J connectivity index is 2.44. The maximum Gasteiger partial charge on any atom is 0.163 e. The van der Waals surface area contributed by atoms with Crippen molar-refractivity contribution in [1.29, 1.82) is 0 Å². The molecule has 13 heavy (non-hydrogen) atoms. The second-order valence-corrected chi connectivity index (χ2v) is 3.95. The topological polar surface area (TPSA) is 58.9 Å². The van der Waals surface area contributed by atoms with E-state index in [0.717, 1.165) is 0 Å². The van der Waals surface area contributed by atoms with Crippen LogP contribution >= 0.6 is 0 Å². The molecule has 0 radical (unpaired) electrons. The molecule has 1 fully saturated rings. The maximum absolute atomic E-state index is 9.22. The highest BCUT2D eigenvalue weighted by atomic mass is 16.7. The molecule has 1 aliphatic heterocycles. The molecule has 2 N–H and O–H groups in total. The summed E-state index contributed by atoms with van der Waals surface area (Å²) in [5, 5.41) is 17.9. The Morgan fingerprint density at radius 2 is 2.00 bits per heavy atom. The molecule has 4 heteroatoms. The lowest BCUT2D eigenvalue weighted by Gasteiger charge is -2.18. The van der Waals surface area contributed by atoms with Crippen molar-refractivity contribution < 1.29 is 19.7 Å². The van der Waals surface area contributed by atoms with Crippen molar-refractivity contribution in [3.05, 3.63) is 0 Å². The van der Waals surface area contributed by atoms with Crippen LogP contribution in [0.1, 0.15) is 27.2 Å². The van der Waals surface area contributed by atoms with Gasteiger partial charge in [-0.2, -0.15) is 0 Å². The number of ether oxygens (including phenoxy) is 2. The molecule has 0 aromatic rings. The highest BCUT2D eigenvalue weighted by Gasteiger charge is 2.39. The molecule has 1 aliphatic rings. The van der Waals surface area contributed by atoms with Gasteiger partial charge in [0, 0.05) is 6.42 Å². The predicted octanol–water partition coefficient (Wildman–Crippen LogP) is 0.270. The predicted molar refractivity (Wildman–Crippen MR) is 47.2 cm³/mol. The minimum absolute atomic E-state index is 0.0313. The molecule has 4 nitrogen and oxygen atoms in total. The Bertz CT molecular complexity index is 169. The van der Waals surface area contributed by atoms with Gasteiger partial charge in [-0.3, -0.25) is 0 Å². The quantitative estimate of drug-likeness (QED) is 0.670. The van der Waals surface area contributed by atoms with E-state index in [2.05, 4.69) is 0 Å². The van der Waals surface area contributed by atoms with E-state index in [0.29, 0.717) is 6.42 Å². The first-order valence-electron chi connectivity index (χ1n) is 4.59. The molecule has 0 saturated carbocycles. The summed E-state index contributed by atoms with van der Waals surface area (Å²) in [6.07, 6.45) is -0.459. The highest BCUT2D eigenvalue weighted by molar-refractivity contribution is 4.80. The molecule has 3 unspecified atom stereocenters. The summed E-state index contributed by atoms with van der Waals surface area (Å²) in [7, 11) is 0. The fourth-order valence-electron chi connectivity index (χ4n) is 1.59. The largest absolute Gasteiger partial charge is 0.394 e. The van der Waals surface area contributed by atoms with Gasteiger partial charge in [0.1, 0.15) is 0 Å². The summed E-state index contributed by atoms with van der Waals surface area (Å²) in [5.41, 5.74) is 0. The van der Waals surface area contributed by atoms with Crippen molar-refractivity contribution in [1.82, 2.24) is 0 Å². The molecule has 1 saturated heterocycles. The fourth-order valence-corrected chi connectivity index (χ4v) is 1.59. The van der Waals surface area contributed by atoms with Crippen LogP contribution in [0.15, 0.2) is 0 Å². The van der Waals surface area contributed by atoms with E-state index in [1.165, 1.54) is 0 Å². The van der Waals surface area contributed by atoms with Crippen LogP contribution in [0.3, 0.4) is 0 Å². The zero-order valence-corrected chi connectivity index (χ0v) is 8.36. The first-order chi connectivity index (χ1) is 5.94. The van der Waals surface area contributed by atoms with E-state index in [-0.39, 0.29) is 18.8 Å². The van der Waals surface area contributed by atoms with Crippen LogP contribution in [0.4, 0.5) is 0 Å². The first-order valence-corrected chi connectivity index (χ1v) is 4.59. The van der Waals surface area contributed by atoms with E-state index in [1.54, 1.807) is 0 Å². The zero-order chi connectivity index (χ0) is 10.1. The van der Waals surface area contributed by atoms with Crippen LogP contribution in [-0.4, -0.2) is 40.9 Å². The minimum Gasteiger partial charge on any atom is -0.394 e. The number of rotatable bonds is 3. The molecule has 0 amide bonds. The standard InChI is InChI=1S/C9H18O4/c1-6-8(4-7(11)5-10)13-9(2,3)12-6/h6-8,10-11H,4-5H2,1-3H3. The van der Waals surface area contributed by atoms with Gasteiger partial charge in [0.2, 0.25) is 0 Å². The average Bonchev–Trinajstić information content (AvgIpc) is 2.24. The normalized spacial score (nSPS) is 34.8. The van der Waals surface area contributed by atoms with Gasteiger partial charge >= 0.3 is 0 Å². The molecular weight excluding hydrogens is 172 g/mol. The smallest absolute Gasteiger partial charge is 0.163 e. The lowest BCUT2D eigenvalue weighted by molar-refractivity contribution is -0.147. The summed E-state index contributed by atoms with van der Waals surface area (Å²) in [6.45, 7) is 5.36. The summed E-state index contributed by atoms with van der Waals surface area (Å²) in [5.74, 6) is -0.570. The SMILES string of the molecule is CC1OC(C)(C)OC1CC(O)CO. The van der Waals surface area contributed by atoms with Crippen LogP contribution in [0.2, 0.25) is 0 Å². The third-order valence-corrected chi connectivity index (χ3v) is 2.14. The average molecular weight is 190 g/mol. The molecule has 0 aromatic heterocycles. The van der Waals surface area contributed by atoms with Crippen molar-refractivity contribution in [3.8, 4) is 0 Å². The minimum atomic E-state index is -0.718. The van der Waals surface area contributed by atoms with E-state index in [9.17, 15) is 5.11 Å². The number of hydrogen-bond donors (Lipinski definition) is 2. The molecule has 0 bridgehead atoms. The zero-order valence-electron chi connectivity index (χ0n) is 8.36. The fraction of sp³-hybridized carbons (Fsp3) is 1.00. The van der Waals surface area contributed by atoms with Gasteiger partial charge in [0.15, 0.2) is 5.79 Å². The van der Waals surface area contributed by atoms with Crippen molar-refractivity contribution in [2.75, 3.05) is 6.61 Å². The summed E-state index contributed by atoms with van der Waals surface area (Å²) in [6, 6.07) is 0. The van der Waals surface area contributed by atoms with Crippen LogP contribution in [0, 0.1) is 0 Å². The van der Waals surface area contributed by atoms with Crippen molar-refractivity contribution in [3.63, 3.8) is 0 Å². The van der Waals surface area contributed by atoms with Gasteiger partial charge in [-0.25, -0.2) is 0 Å². The van der Waals surface area contributed by atoms with E-state index >= 15 is 0 Å². The molecule has 1 heterocycles. The number of aliphatic hydroxyl groups excluding tert-OH is 2. The molecule has 0 spiro atoms. The lowest BCUT2D eigenvalue weighted by Crippen LogP contribution is -2.27. The number of aliphatic hydroxyl groups is 2. The monoisotopic (exact) mass is 190 g/mol. The van der Waals surface area contributed by atoms with Crippen LogP contribution in [-0.2, 0) is 9.47 Å². The van der Waals surface area contributed by atoms with Crippen molar-refractivity contribution in [2.24, 2.45) is 0 Å². The van der Waals surface area contributed by atoms with E-state index in [4.69, 9.17) is 14.6 Å². The van der Waals surface area contributed by atoms with Gasteiger partial charge in [-0.05, 0) is 20.8 Å². The van der Waals surface area contributed by atoms with Gasteiger partial charge in [-0.1, -0.05) is 0 Å². The Morgan fingerprint density at radius 3 is 2.38 bits per heavy atom. The van der Waals surface area contributed by atoms with E-state index < -0.39 is 11.9 Å². The Kier molecular flexibility index (Phi) is 3.29. The highest BCUT2D eigenvalue weighted by Crippen LogP contribution is 2.29. The maximum atomic E-state index is 9.22. The number of hydrogen-bond acceptors (Lipinski definition) is 4. The Labute approximate surface area is 78.5 Å². The van der Waals surface area contributed by atoms with E-state index in [1.807, 2.05) is 20.8 Å². The van der Waals surface area contributed by atoms with Crippen molar-refractivity contribution in [2.45, 2.75) is 51.3 Å². The van der Waals surface area contributed by atoms with Crippen LogP contribution in [0.5, 0.6) is 0 Å². The first kappa shape index (κ1) is 10.9. The Hall–Kier alpha value is -0.160. The van der Waals surface area contributed by atoms with Gasteiger partial charge in [-0.15, -0.1) is 0 Å². The van der Waals surface area contributed by atoms with Crippen molar-refractivity contribution >= 4 is 0 Å². The molecule has 0 aliphatic carbocycles. The molecule has 1 rings (SSSR count). The van der Waals surface area contributed by atoms with Crippen LogP contribution < -0.4 is 0 Å². The summed E-state index contributed by atoms with van der Waals surface area (Å²) < 4.78 is 11.0. The summed E-state index contributed by atoms with van der Waals surface area (Å²) >= 11 is 0. The Morgan fingerprint density at radius 1 is 1.38 bits per heavy atom. The van der Waals surface area contributed by atoms with Gasteiger partial charge < -0.3 is 19.7 Å². The molecule has 0 aromatic carbocycles. The lowest BCUT2D eigenvalue weighted by atomic mass is 10.1. The second kappa shape index (κ2) is 3.92. The second-order valence-electron chi connectivity index (χ2n) is 3.95. The van der Waals surface area contributed by atoms with Gasteiger partial charge in [0.25, 0.3) is 0 Å². The summed E-state index contributed by atoms with van der Waals surface area (Å²) in [4.78, 5) is 0. The third-order valence-electron chi connectivity index (χ3n) is 2.14. The van der Waals surface area contributed by atoms with Crippen LogP contribution in [0.25, 0.3) is 0 Å². The molecule has 3 atom stereocenters. The molecular formula is C9H18O4.